The number of hydrogen-bond donors (Lipinski definition) is 0. The van der Waals surface area contributed by atoms with Crippen LogP contribution in [0.25, 0.3) is 0 Å². The van der Waals surface area contributed by atoms with Crippen LogP contribution >= 0.6 is 27.5 Å². The van der Waals surface area contributed by atoms with E-state index in [0.29, 0.717) is 26.4 Å². The molecule has 4 atom stereocenters. The number of hydrogen-bond acceptors (Lipinski definition) is 5. The fourth-order valence-electron chi connectivity index (χ4n) is 4.85. The summed E-state index contributed by atoms with van der Waals surface area (Å²) in [6.07, 6.45) is 6.38. The van der Waals surface area contributed by atoms with Crippen LogP contribution < -0.4 is 4.74 Å². The van der Waals surface area contributed by atoms with Crippen LogP contribution in [0.5, 0.6) is 5.75 Å². The number of carbonyl (C=O) groups is 2. The van der Waals surface area contributed by atoms with E-state index in [2.05, 4.69) is 27.1 Å². The van der Waals surface area contributed by atoms with Crippen LogP contribution in [0.15, 0.2) is 58.1 Å². The number of amides is 2. The van der Waals surface area contributed by atoms with Gasteiger partial charge in [0.15, 0.2) is 0 Å². The fraction of sp³-hybridized carbons (Fsp3) is 0.250. The fourth-order valence-corrected chi connectivity index (χ4v) is 5.80. The number of nitriles is 1. The topological polar surface area (TPSA) is 82.8 Å². The second kappa shape index (κ2) is 8.19. The Labute approximate surface area is 198 Å². The van der Waals surface area contributed by atoms with Gasteiger partial charge in [0.25, 0.3) is 11.8 Å². The average molecular weight is 511 g/mol. The Morgan fingerprint density at radius 1 is 1.19 bits per heavy atom. The van der Waals surface area contributed by atoms with Crippen molar-refractivity contribution in [3.63, 3.8) is 0 Å². The van der Waals surface area contributed by atoms with Crippen molar-refractivity contribution in [1.29, 1.82) is 5.26 Å². The van der Waals surface area contributed by atoms with E-state index in [-0.39, 0.29) is 42.1 Å². The molecule has 0 N–H and O–H groups in total. The molecule has 1 aliphatic heterocycles. The Hall–Kier alpha value is -2.95. The zero-order valence-corrected chi connectivity index (χ0v) is 19.1. The van der Waals surface area contributed by atoms with Gasteiger partial charge in [-0.2, -0.15) is 15.4 Å². The van der Waals surface area contributed by atoms with E-state index in [1.807, 2.05) is 24.3 Å². The van der Waals surface area contributed by atoms with Gasteiger partial charge < -0.3 is 4.74 Å². The molecule has 0 radical (unpaired) electrons. The summed E-state index contributed by atoms with van der Waals surface area (Å²) in [6.45, 7) is 0.158. The smallest absolute Gasteiger partial charge is 0.254 e. The molecule has 0 unspecified atom stereocenters. The van der Waals surface area contributed by atoms with Crippen LogP contribution in [0.1, 0.15) is 23.1 Å². The normalized spacial score (nSPS) is 25.6. The molecule has 2 bridgehead atoms. The molecule has 160 valence electrons. The van der Waals surface area contributed by atoms with Crippen LogP contribution in [-0.4, -0.2) is 23.0 Å². The Balaban J connectivity index is 1.41. The molecule has 6 nitrogen and oxygen atoms in total. The summed E-state index contributed by atoms with van der Waals surface area (Å²) < 4.78 is 6.59. The minimum Gasteiger partial charge on any atom is -0.487 e. The van der Waals surface area contributed by atoms with Crippen molar-refractivity contribution in [2.45, 2.75) is 13.0 Å². The molecule has 1 saturated heterocycles. The number of nitrogens with zero attached hydrogens (tertiary/aromatic N) is 3. The zero-order valence-electron chi connectivity index (χ0n) is 16.7. The van der Waals surface area contributed by atoms with E-state index >= 15 is 0 Å². The summed E-state index contributed by atoms with van der Waals surface area (Å²) in [4.78, 5) is 25.7. The summed E-state index contributed by atoms with van der Waals surface area (Å²) in [7, 11) is 0. The van der Waals surface area contributed by atoms with Crippen molar-refractivity contribution in [2.75, 3.05) is 0 Å². The minimum atomic E-state index is -0.307. The zero-order chi connectivity index (χ0) is 22.4. The number of halogens is 2. The Bertz CT molecular complexity index is 1210. The molecule has 2 aliphatic carbocycles. The molecule has 2 aromatic rings. The van der Waals surface area contributed by atoms with Crippen molar-refractivity contribution in [2.24, 2.45) is 28.8 Å². The largest absolute Gasteiger partial charge is 0.487 e. The third-order valence-electron chi connectivity index (χ3n) is 6.31. The maximum absolute atomic E-state index is 12.9. The molecule has 1 saturated carbocycles. The number of fused-ring (bicyclic) bond motifs is 5. The molecule has 3 aliphatic rings. The Morgan fingerprint density at radius 3 is 2.56 bits per heavy atom. The summed E-state index contributed by atoms with van der Waals surface area (Å²) in [5.74, 6) is -0.411. The third kappa shape index (κ3) is 3.44. The van der Waals surface area contributed by atoms with Gasteiger partial charge in [-0.25, -0.2) is 0 Å². The average Bonchev–Trinajstić information content (AvgIpc) is 3.46. The number of ether oxygens (including phenoxy) is 1. The van der Waals surface area contributed by atoms with Crippen molar-refractivity contribution in [3.05, 3.63) is 74.7 Å². The number of benzene rings is 2. The lowest BCUT2D eigenvalue weighted by Gasteiger charge is -2.14. The van der Waals surface area contributed by atoms with Gasteiger partial charge in [-0.05, 0) is 52.4 Å². The first-order valence-electron chi connectivity index (χ1n) is 10.2. The highest BCUT2D eigenvalue weighted by Gasteiger charge is 2.59. The van der Waals surface area contributed by atoms with Crippen LogP contribution in [0.2, 0.25) is 5.02 Å². The molecule has 8 heteroatoms. The quantitative estimate of drug-likeness (QED) is 0.332. The first-order chi connectivity index (χ1) is 15.5. The standard InChI is InChI=1S/C24H17BrClN3O3/c25-19-9-18(26)8-17(22(19)32-12-16-4-2-1-3-15(16)10-27)11-28-29-23(30)20-13-5-6-14(7-13)21(20)24(29)31/h1-6,8-9,11,13-14,20-21H,7,12H2/t13-,14-,20-,21+/m0/s1. The summed E-state index contributed by atoms with van der Waals surface area (Å²) in [5.41, 5.74) is 1.77. The van der Waals surface area contributed by atoms with Gasteiger partial charge in [0.1, 0.15) is 12.4 Å². The van der Waals surface area contributed by atoms with E-state index in [4.69, 9.17) is 16.3 Å². The van der Waals surface area contributed by atoms with Gasteiger partial charge in [-0.15, -0.1) is 0 Å². The van der Waals surface area contributed by atoms with Gasteiger partial charge in [0.2, 0.25) is 0 Å². The van der Waals surface area contributed by atoms with Gasteiger partial charge in [-0.3, -0.25) is 9.59 Å². The molecule has 0 spiro atoms. The lowest BCUT2D eigenvalue weighted by molar-refractivity contribution is -0.140. The van der Waals surface area contributed by atoms with Crippen molar-refractivity contribution < 1.29 is 14.3 Å². The second-order valence-corrected chi connectivity index (χ2v) is 9.39. The van der Waals surface area contributed by atoms with Gasteiger partial charge in [-0.1, -0.05) is 42.0 Å². The molecular weight excluding hydrogens is 494 g/mol. The van der Waals surface area contributed by atoms with E-state index in [0.717, 1.165) is 17.0 Å². The maximum atomic E-state index is 12.9. The number of carbonyl (C=O) groups excluding carboxylic acids is 2. The first-order valence-corrected chi connectivity index (χ1v) is 11.3. The summed E-state index contributed by atoms with van der Waals surface area (Å²) >= 11 is 9.67. The lowest BCUT2D eigenvalue weighted by Crippen LogP contribution is -2.28. The molecule has 2 fully saturated rings. The molecule has 0 aromatic heterocycles. The molecular formula is C24H17BrClN3O3. The van der Waals surface area contributed by atoms with Gasteiger partial charge in [0, 0.05) is 16.1 Å². The van der Waals surface area contributed by atoms with Crippen molar-refractivity contribution in [1.82, 2.24) is 5.01 Å². The molecule has 5 rings (SSSR count). The molecule has 2 aromatic carbocycles. The third-order valence-corrected chi connectivity index (χ3v) is 7.11. The van der Waals surface area contributed by atoms with Crippen LogP contribution in [0.3, 0.4) is 0 Å². The molecule has 32 heavy (non-hydrogen) atoms. The highest BCUT2D eigenvalue weighted by Crippen LogP contribution is 2.52. The highest BCUT2D eigenvalue weighted by atomic mass is 79.9. The van der Waals surface area contributed by atoms with E-state index in [1.165, 1.54) is 6.21 Å². The lowest BCUT2D eigenvalue weighted by atomic mass is 9.85. The van der Waals surface area contributed by atoms with E-state index in [1.54, 1.807) is 24.3 Å². The van der Waals surface area contributed by atoms with Crippen LogP contribution in [0, 0.1) is 35.0 Å². The minimum absolute atomic E-state index is 0.126. The SMILES string of the molecule is N#Cc1ccccc1COc1c(Br)cc(Cl)cc1C=NN1C(=O)[C@@H]2[C@H](C1=O)[C@H]1C=C[C@H]2C1. The number of imide groups is 1. The number of hydrazone groups is 1. The van der Waals surface area contributed by atoms with Crippen LogP contribution in [-0.2, 0) is 16.2 Å². The van der Waals surface area contributed by atoms with Crippen molar-refractivity contribution >= 4 is 45.6 Å². The van der Waals surface area contributed by atoms with Gasteiger partial charge in [0.05, 0.1) is 34.2 Å². The summed E-state index contributed by atoms with van der Waals surface area (Å²) in [5, 5.41) is 15.0. The predicted molar refractivity (Wildman–Crippen MR) is 122 cm³/mol. The van der Waals surface area contributed by atoms with Gasteiger partial charge >= 0.3 is 0 Å². The van der Waals surface area contributed by atoms with E-state index < -0.39 is 0 Å². The monoisotopic (exact) mass is 509 g/mol. The van der Waals surface area contributed by atoms with Crippen LogP contribution in [0.4, 0.5) is 0 Å². The highest BCUT2D eigenvalue weighted by molar-refractivity contribution is 9.10. The Morgan fingerprint density at radius 2 is 1.88 bits per heavy atom. The maximum Gasteiger partial charge on any atom is 0.254 e. The Kier molecular flexibility index (Phi) is 5.36. The van der Waals surface area contributed by atoms with Crippen molar-refractivity contribution in [3.8, 4) is 11.8 Å². The molecule has 2 amide bonds. The van der Waals surface area contributed by atoms with E-state index in [9.17, 15) is 14.9 Å². The second-order valence-electron chi connectivity index (χ2n) is 8.10. The predicted octanol–water partition coefficient (Wildman–Crippen LogP) is 4.69. The number of rotatable bonds is 5. The summed E-state index contributed by atoms with van der Waals surface area (Å²) in [6, 6.07) is 12.7. The molecule has 1 heterocycles. The first kappa shape index (κ1) is 20.9. The number of allylic oxidation sites excluding steroid dienone is 2.